The van der Waals surface area contributed by atoms with Gasteiger partial charge in [0.15, 0.2) is 4.84 Å². The monoisotopic (exact) mass is 241 g/mol. The molecule has 0 spiro atoms. The Morgan fingerprint density at radius 3 is 2.14 bits per heavy atom. The average Bonchev–Trinajstić information content (AvgIpc) is 2.01. The van der Waals surface area contributed by atoms with E-state index in [4.69, 9.17) is 28.3 Å². The molecule has 0 aliphatic rings. The van der Waals surface area contributed by atoms with Gasteiger partial charge in [0, 0.05) is 6.42 Å². The van der Waals surface area contributed by atoms with Gasteiger partial charge in [0.2, 0.25) is 0 Å². The average molecular weight is 242 g/mol. The van der Waals surface area contributed by atoms with E-state index in [0.717, 1.165) is 0 Å². The van der Waals surface area contributed by atoms with Crippen molar-refractivity contribution in [3.63, 3.8) is 0 Å². The molecule has 7 heteroatoms. The van der Waals surface area contributed by atoms with Gasteiger partial charge >= 0.3 is 5.97 Å². The van der Waals surface area contributed by atoms with Gasteiger partial charge in [0.25, 0.3) is 5.91 Å². The Kier molecular flexibility index (Phi) is 5.49. The maximum atomic E-state index is 10.9. The lowest BCUT2D eigenvalue weighted by Crippen LogP contribution is -2.44. The van der Waals surface area contributed by atoms with Crippen LogP contribution in [0.15, 0.2) is 0 Å². The minimum absolute atomic E-state index is 0.290. The number of amides is 1. The van der Waals surface area contributed by atoms with Gasteiger partial charge in [-0.2, -0.15) is 0 Å². The van der Waals surface area contributed by atoms with Crippen molar-refractivity contribution in [2.75, 3.05) is 0 Å². The number of carboxylic acids is 1. The van der Waals surface area contributed by atoms with Crippen molar-refractivity contribution in [3.8, 4) is 0 Å². The van der Waals surface area contributed by atoms with Crippen LogP contribution in [0.3, 0.4) is 0 Å². The highest BCUT2D eigenvalue weighted by Crippen LogP contribution is 2.03. The molecular formula is C7H9Cl2NO4. The van der Waals surface area contributed by atoms with Crippen LogP contribution in [0.2, 0.25) is 0 Å². The van der Waals surface area contributed by atoms with Gasteiger partial charge in [-0.05, 0) is 6.92 Å². The third kappa shape index (κ3) is 5.04. The van der Waals surface area contributed by atoms with Crippen LogP contribution in [-0.2, 0) is 14.4 Å². The Bertz CT molecular complexity index is 254. The number of hydrogen-bond acceptors (Lipinski definition) is 3. The van der Waals surface area contributed by atoms with Crippen molar-refractivity contribution in [2.45, 2.75) is 24.2 Å². The smallest absolute Gasteiger partial charge is 0.326 e. The Morgan fingerprint density at radius 1 is 1.36 bits per heavy atom. The van der Waals surface area contributed by atoms with Crippen molar-refractivity contribution in [1.29, 1.82) is 0 Å². The Hall–Kier alpha value is -0.810. The fourth-order valence-electron chi connectivity index (χ4n) is 0.722. The minimum atomic E-state index is -1.34. The molecule has 0 fully saturated rings. The normalized spacial score (nSPS) is 12.3. The first-order valence-corrected chi connectivity index (χ1v) is 4.52. The van der Waals surface area contributed by atoms with Crippen LogP contribution >= 0.6 is 23.2 Å². The zero-order chi connectivity index (χ0) is 11.3. The first-order chi connectivity index (χ1) is 6.34. The van der Waals surface area contributed by atoms with E-state index in [2.05, 4.69) is 0 Å². The fourth-order valence-corrected chi connectivity index (χ4v) is 0.848. The van der Waals surface area contributed by atoms with Crippen LogP contribution in [0.5, 0.6) is 0 Å². The van der Waals surface area contributed by atoms with Crippen LogP contribution in [0.25, 0.3) is 0 Å². The quantitative estimate of drug-likeness (QED) is 0.681. The number of rotatable bonds is 5. The van der Waals surface area contributed by atoms with E-state index in [1.54, 1.807) is 0 Å². The summed E-state index contributed by atoms with van der Waals surface area (Å²) in [6.45, 7) is 1.22. The van der Waals surface area contributed by atoms with E-state index in [-0.39, 0.29) is 12.2 Å². The highest BCUT2D eigenvalue weighted by molar-refractivity contribution is 6.53. The molecule has 0 saturated carbocycles. The number of alkyl halides is 2. The Labute approximate surface area is 90.4 Å². The van der Waals surface area contributed by atoms with Crippen molar-refractivity contribution in [1.82, 2.24) is 5.32 Å². The van der Waals surface area contributed by atoms with Gasteiger partial charge in [-0.15, -0.1) is 0 Å². The van der Waals surface area contributed by atoms with E-state index in [9.17, 15) is 14.4 Å². The predicted octanol–water partition coefficient (Wildman–Crippen LogP) is 0.339. The number of Topliss-reactive ketones (excluding diaryl/α,β-unsaturated/α-hetero) is 1. The summed E-state index contributed by atoms with van der Waals surface area (Å²) in [5.74, 6) is -2.48. The first-order valence-electron chi connectivity index (χ1n) is 3.65. The molecule has 2 N–H and O–H groups in total. The first kappa shape index (κ1) is 13.2. The van der Waals surface area contributed by atoms with E-state index >= 15 is 0 Å². The second-order valence-electron chi connectivity index (χ2n) is 2.61. The number of hydrogen-bond donors (Lipinski definition) is 2. The number of halogens is 2. The number of carbonyl (C=O) groups excluding carboxylic acids is 2. The lowest BCUT2D eigenvalue weighted by molar-refractivity contribution is -0.143. The topological polar surface area (TPSA) is 83.5 Å². The van der Waals surface area contributed by atoms with Crippen LogP contribution in [-0.4, -0.2) is 33.6 Å². The van der Waals surface area contributed by atoms with Crippen LogP contribution in [0.4, 0.5) is 0 Å². The molecule has 0 aliphatic carbocycles. The predicted molar refractivity (Wildman–Crippen MR) is 50.4 cm³/mol. The number of carboxylic acid groups (broad SMARTS) is 1. The summed E-state index contributed by atoms with van der Waals surface area (Å²) in [6, 6.07) is -1.28. The lowest BCUT2D eigenvalue weighted by atomic mass is 10.1. The van der Waals surface area contributed by atoms with Gasteiger partial charge in [-0.3, -0.25) is 9.59 Å². The highest BCUT2D eigenvalue weighted by atomic mass is 35.5. The molecule has 0 aromatic carbocycles. The molecule has 1 unspecified atom stereocenters. The number of ketones is 1. The van der Waals surface area contributed by atoms with E-state index in [1.807, 2.05) is 5.32 Å². The maximum Gasteiger partial charge on any atom is 0.326 e. The van der Waals surface area contributed by atoms with Gasteiger partial charge in [-0.1, -0.05) is 23.2 Å². The zero-order valence-corrected chi connectivity index (χ0v) is 8.80. The van der Waals surface area contributed by atoms with Gasteiger partial charge in [0.05, 0.1) is 0 Å². The largest absolute Gasteiger partial charge is 0.480 e. The molecule has 80 valence electrons. The molecule has 0 aliphatic heterocycles. The number of nitrogens with one attached hydrogen (secondary N) is 1. The molecule has 0 rings (SSSR count). The Morgan fingerprint density at radius 2 is 1.86 bits per heavy atom. The number of aliphatic carboxylic acids is 1. The van der Waals surface area contributed by atoms with Gasteiger partial charge in [-0.25, -0.2) is 4.79 Å². The molecule has 0 bridgehead atoms. The van der Waals surface area contributed by atoms with Crippen LogP contribution in [0, 0.1) is 0 Å². The molecule has 0 aromatic rings. The molecule has 1 atom stereocenters. The lowest BCUT2D eigenvalue weighted by Gasteiger charge is -2.12. The summed E-state index contributed by atoms with van der Waals surface area (Å²) < 4.78 is 0. The summed E-state index contributed by atoms with van der Waals surface area (Å²) >= 11 is 10.4. The molecule has 14 heavy (non-hydrogen) atoms. The highest BCUT2D eigenvalue weighted by Gasteiger charge is 2.23. The van der Waals surface area contributed by atoms with Crippen molar-refractivity contribution >= 4 is 40.9 Å². The third-order valence-corrected chi connectivity index (χ3v) is 1.70. The molecule has 0 aromatic heterocycles. The second kappa shape index (κ2) is 5.82. The van der Waals surface area contributed by atoms with Crippen molar-refractivity contribution in [2.24, 2.45) is 0 Å². The summed E-state index contributed by atoms with van der Waals surface area (Å²) in [7, 11) is 0. The summed E-state index contributed by atoms with van der Waals surface area (Å²) in [5, 5.41) is 10.6. The van der Waals surface area contributed by atoms with E-state index in [1.165, 1.54) is 6.92 Å². The third-order valence-electron chi connectivity index (χ3n) is 1.30. The molecule has 0 heterocycles. The summed E-state index contributed by atoms with van der Waals surface area (Å²) in [4.78, 5) is 30.7. The summed E-state index contributed by atoms with van der Waals surface area (Å²) in [6.07, 6.45) is -0.290. The van der Waals surface area contributed by atoms with Crippen LogP contribution < -0.4 is 5.32 Å². The SMILES string of the molecule is CC(=O)CC(NC(=O)C(Cl)Cl)C(=O)O. The molecule has 0 radical (unpaired) electrons. The second-order valence-corrected chi connectivity index (χ2v) is 3.70. The Balaban J connectivity index is 4.31. The molecule has 5 nitrogen and oxygen atoms in total. The minimum Gasteiger partial charge on any atom is -0.480 e. The van der Waals surface area contributed by atoms with E-state index in [0.29, 0.717) is 0 Å². The van der Waals surface area contributed by atoms with Gasteiger partial charge < -0.3 is 10.4 Å². The van der Waals surface area contributed by atoms with E-state index < -0.39 is 22.8 Å². The molecular weight excluding hydrogens is 233 g/mol. The molecule has 1 amide bonds. The van der Waals surface area contributed by atoms with Crippen LogP contribution in [0.1, 0.15) is 13.3 Å². The molecule has 0 saturated heterocycles. The van der Waals surface area contributed by atoms with Gasteiger partial charge in [0.1, 0.15) is 11.8 Å². The number of carbonyl (C=O) groups is 3. The maximum absolute atomic E-state index is 10.9. The fraction of sp³-hybridized carbons (Fsp3) is 0.571. The van der Waals surface area contributed by atoms with Crippen molar-refractivity contribution in [3.05, 3.63) is 0 Å². The van der Waals surface area contributed by atoms with Crippen molar-refractivity contribution < 1.29 is 19.5 Å². The zero-order valence-electron chi connectivity index (χ0n) is 7.29. The standard InChI is InChI=1S/C7H9Cl2NO4/c1-3(11)2-4(7(13)14)10-6(12)5(8)9/h4-5H,2H2,1H3,(H,10,12)(H,13,14). The summed E-state index contributed by atoms with van der Waals surface area (Å²) in [5.41, 5.74) is 0.